The number of aromatic amines is 1. The van der Waals surface area contributed by atoms with E-state index in [1.165, 1.54) is 0 Å². The maximum atomic E-state index is 12.4. The zero-order chi connectivity index (χ0) is 15.7. The fourth-order valence-electron chi connectivity index (χ4n) is 3.62. The molecule has 2 heterocycles. The van der Waals surface area contributed by atoms with E-state index in [0.717, 1.165) is 47.8 Å². The van der Waals surface area contributed by atoms with Crippen LogP contribution in [-0.4, -0.2) is 33.7 Å². The van der Waals surface area contributed by atoms with Crippen molar-refractivity contribution in [3.05, 3.63) is 45.7 Å². The van der Waals surface area contributed by atoms with Crippen LogP contribution in [0.3, 0.4) is 0 Å². The van der Waals surface area contributed by atoms with Gasteiger partial charge in [-0.1, -0.05) is 19.1 Å². The summed E-state index contributed by atoms with van der Waals surface area (Å²) in [5.74, 6) is 0. The molecule has 1 unspecified atom stereocenters. The van der Waals surface area contributed by atoms with E-state index in [0.29, 0.717) is 6.54 Å². The normalized spacial score (nSPS) is 22.5. The number of aliphatic hydroxyl groups excluding tert-OH is 1. The Morgan fingerprint density at radius 2 is 2.18 bits per heavy atom. The molecule has 1 aromatic carbocycles. The Morgan fingerprint density at radius 1 is 1.36 bits per heavy atom. The third-order valence-corrected chi connectivity index (χ3v) is 5.13. The van der Waals surface area contributed by atoms with E-state index >= 15 is 0 Å². The highest BCUT2D eigenvalue weighted by molar-refractivity contribution is 5.79. The zero-order valence-corrected chi connectivity index (χ0v) is 13.4. The van der Waals surface area contributed by atoms with Crippen LogP contribution >= 0.6 is 0 Å². The van der Waals surface area contributed by atoms with Gasteiger partial charge in [0.05, 0.1) is 6.61 Å². The summed E-state index contributed by atoms with van der Waals surface area (Å²) in [4.78, 5) is 17.6. The molecule has 1 aliphatic heterocycles. The van der Waals surface area contributed by atoms with Gasteiger partial charge in [-0.15, -0.1) is 0 Å². The first-order valence-electron chi connectivity index (χ1n) is 8.06. The van der Waals surface area contributed by atoms with Crippen LogP contribution in [-0.2, 0) is 6.54 Å². The minimum atomic E-state index is -0.158. The summed E-state index contributed by atoms with van der Waals surface area (Å²) in [5.41, 5.74) is 2.63. The molecule has 1 saturated heterocycles. The Balaban J connectivity index is 1.95. The second kappa shape index (κ2) is 5.86. The Hall–Kier alpha value is -1.65. The van der Waals surface area contributed by atoms with E-state index in [-0.39, 0.29) is 17.7 Å². The number of hydrogen-bond donors (Lipinski definition) is 2. The topological polar surface area (TPSA) is 56.3 Å². The van der Waals surface area contributed by atoms with Crippen molar-refractivity contribution in [3.63, 3.8) is 0 Å². The lowest BCUT2D eigenvalue weighted by atomic mass is 9.93. The van der Waals surface area contributed by atoms with Gasteiger partial charge in [-0.25, -0.2) is 0 Å². The largest absolute Gasteiger partial charge is 0.394 e. The van der Waals surface area contributed by atoms with Crippen molar-refractivity contribution in [3.8, 4) is 0 Å². The van der Waals surface area contributed by atoms with Gasteiger partial charge in [-0.3, -0.25) is 9.69 Å². The minimum absolute atomic E-state index is 0.0204. The molecule has 4 heteroatoms. The lowest BCUT2D eigenvalue weighted by Crippen LogP contribution is -2.46. The Labute approximate surface area is 130 Å². The van der Waals surface area contributed by atoms with Gasteiger partial charge in [0.1, 0.15) is 0 Å². The maximum Gasteiger partial charge on any atom is 0.252 e. The van der Waals surface area contributed by atoms with Crippen LogP contribution in [0.15, 0.2) is 29.1 Å². The van der Waals surface area contributed by atoms with Gasteiger partial charge in [0.2, 0.25) is 0 Å². The highest BCUT2D eigenvalue weighted by Crippen LogP contribution is 2.33. The van der Waals surface area contributed by atoms with Gasteiger partial charge >= 0.3 is 0 Å². The number of nitrogens with zero attached hydrogens (tertiary/aromatic N) is 1. The van der Waals surface area contributed by atoms with Crippen molar-refractivity contribution < 1.29 is 5.11 Å². The molecule has 0 aliphatic carbocycles. The Bertz CT molecular complexity index is 731. The van der Waals surface area contributed by atoms with Crippen molar-refractivity contribution in [2.75, 3.05) is 13.2 Å². The summed E-state index contributed by atoms with van der Waals surface area (Å²) in [6.45, 7) is 5.84. The van der Waals surface area contributed by atoms with Crippen molar-refractivity contribution in [1.29, 1.82) is 0 Å². The van der Waals surface area contributed by atoms with E-state index in [9.17, 15) is 9.90 Å². The predicted molar refractivity (Wildman–Crippen MR) is 89.1 cm³/mol. The van der Waals surface area contributed by atoms with Crippen LogP contribution in [0.4, 0.5) is 0 Å². The number of benzene rings is 1. The molecule has 0 saturated carbocycles. The molecule has 1 aromatic heterocycles. The van der Waals surface area contributed by atoms with Crippen LogP contribution in [0.5, 0.6) is 0 Å². The molecule has 0 radical (unpaired) electrons. The lowest BCUT2D eigenvalue weighted by molar-refractivity contribution is 0.0546. The standard InChI is InChI=1S/C18H24N2O2/c1-3-18(12-21)7-4-8-20(18)11-15-10-14-6-5-13(2)9-16(14)19-17(15)22/h5-6,9-10,21H,3-4,7-8,11-12H2,1-2H3,(H,19,22). The molecular formula is C18H24N2O2. The number of H-pyrrole nitrogens is 1. The van der Waals surface area contributed by atoms with Gasteiger partial charge in [-0.2, -0.15) is 0 Å². The molecule has 2 aromatic rings. The summed E-state index contributed by atoms with van der Waals surface area (Å²) < 4.78 is 0. The molecule has 0 amide bonds. The van der Waals surface area contributed by atoms with Gasteiger partial charge in [0.15, 0.2) is 0 Å². The van der Waals surface area contributed by atoms with E-state index in [1.807, 2.05) is 25.1 Å². The smallest absolute Gasteiger partial charge is 0.252 e. The van der Waals surface area contributed by atoms with Crippen LogP contribution in [0.25, 0.3) is 10.9 Å². The summed E-state index contributed by atoms with van der Waals surface area (Å²) in [5, 5.41) is 10.9. The van der Waals surface area contributed by atoms with Crippen LogP contribution in [0.1, 0.15) is 37.3 Å². The highest BCUT2D eigenvalue weighted by Gasteiger charge is 2.38. The molecule has 2 N–H and O–H groups in total. The van der Waals surface area contributed by atoms with Crippen molar-refractivity contribution in [2.24, 2.45) is 0 Å². The Morgan fingerprint density at radius 3 is 2.91 bits per heavy atom. The number of likely N-dealkylation sites (tertiary alicyclic amines) is 1. The van der Waals surface area contributed by atoms with E-state index in [1.54, 1.807) is 0 Å². The predicted octanol–water partition coefficient (Wildman–Crippen LogP) is 2.57. The fourth-order valence-corrected chi connectivity index (χ4v) is 3.62. The summed E-state index contributed by atoms with van der Waals surface area (Å²) >= 11 is 0. The highest BCUT2D eigenvalue weighted by atomic mass is 16.3. The van der Waals surface area contributed by atoms with Crippen molar-refractivity contribution >= 4 is 10.9 Å². The number of hydrogen-bond acceptors (Lipinski definition) is 3. The minimum Gasteiger partial charge on any atom is -0.394 e. The third-order valence-electron chi connectivity index (χ3n) is 5.13. The number of aromatic nitrogens is 1. The zero-order valence-electron chi connectivity index (χ0n) is 13.4. The number of rotatable bonds is 4. The first-order valence-corrected chi connectivity index (χ1v) is 8.06. The molecular weight excluding hydrogens is 276 g/mol. The number of aliphatic hydroxyl groups is 1. The second-order valence-corrected chi connectivity index (χ2v) is 6.48. The average molecular weight is 300 g/mol. The summed E-state index contributed by atoms with van der Waals surface area (Å²) in [6, 6.07) is 8.10. The number of aryl methyl sites for hydroxylation is 1. The summed E-state index contributed by atoms with van der Waals surface area (Å²) in [6.07, 6.45) is 3.00. The van der Waals surface area contributed by atoms with Crippen LogP contribution in [0, 0.1) is 6.92 Å². The van der Waals surface area contributed by atoms with Gasteiger partial charge in [-0.05, 0) is 55.8 Å². The summed E-state index contributed by atoms with van der Waals surface area (Å²) in [7, 11) is 0. The van der Waals surface area contributed by atoms with Crippen molar-refractivity contribution in [1.82, 2.24) is 9.88 Å². The number of nitrogens with one attached hydrogen (secondary N) is 1. The first-order chi connectivity index (χ1) is 10.6. The fraction of sp³-hybridized carbons (Fsp3) is 0.500. The van der Waals surface area contributed by atoms with Gasteiger partial charge < -0.3 is 10.1 Å². The van der Waals surface area contributed by atoms with Crippen LogP contribution < -0.4 is 5.56 Å². The molecule has 118 valence electrons. The van der Waals surface area contributed by atoms with Crippen LogP contribution in [0.2, 0.25) is 0 Å². The molecule has 4 nitrogen and oxygen atoms in total. The molecule has 3 rings (SSSR count). The monoisotopic (exact) mass is 300 g/mol. The van der Waals surface area contributed by atoms with Gasteiger partial charge in [0, 0.05) is 23.2 Å². The molecule has 0 spiro atoms. The molecule has 1 fully saturated rings. The number of pyridine rings is 1. The van der Waals surface area contributed by atoms with E-state index < -0.39 is 0 Å². The molecule has 0 bridgehead atoms. The maximum absolute atomic E-state index is 12.4. The van der Waals surface area contributed by atoms with Gasteiger partial charge in [0.25, 0.3) is 5.56 Å². The number of fused-ring (bicyclic) bond motifs is 1. The Kier molecular flexibility index (Phi) is 4.06. The second-order valence-electron chi connectivity index (χ2n) is 6.48. The third kappa shape index (κ3) is 2.57. The lowest BCUT2D eigenvalue weighted by Gasteiger charge is -2.36. The first kappa shape index (κ1) is 15.3. The average Bonchev–Trinajstić information content (AvgIpc) is 2.91. The molecule has 1 atom stereocenters. The van der Waals surface area contributed by atoms with E-state index in [4.69, 9.17) is 0 Å². The SMILES string of the molecule is CCC1(CO)CCCN1Cc1cc2ccc(C)cc2[nH]c1=O. The quantitative estimate of drug-likeness (QED) is 0.912. The van der Waals surface area contributed by atoms with Crippen molar-refractivity contribution in [2.45, 2.75) is 45.2 Å². The molecule has 1 aliphatic rings. The molecule has 22 heavy (non-hydrogen) atoms. The van der Waals surface area contributed by atoms with E-state index in [2.05, 4.69) is 22.9 Å².